The maximum Gasteiger partial charge on any atom is 0.255 e. The van der Waals surface area contributed by atoms with Gasteiger partial charge in [0.2, 0.25) is 0 Å². The van der Waals surface area contributed by atoms with E-state index in [9.17, 15) is 9.18 Å². The first-order chi connectivity index (χ1) is 9.77. The Morgan fingerprint density at radius 2 is 1.67 bits per heavy atom. The van der Waals surface area contributed by atoms with Gasteiger partial charge in [0.1, 0.15) is 5.82 Å². The van der Waals surface area contributed by atoms with Crippen molar-refractivity contribution in [1.82, 2.24) is 0 Å². The molecule has 0 unspecified atom stereocenters. The fourth-order valence-electron chi connectivity index (χ4n) is 2.13. The van der Waals surface area contributed by atoms with E-state index in [1.165, 1.54) is 23.8 Å². The number of anilines is 1. The zero-order chi connectivity index (χ0) is 15.6. The van der Waals surface area contributed by atoms with Crippen LogP contribution in [0, 0.1) is 12.7 Å². The zero-order valence-electron chi connectivity index (χ0n) is 12.8. The smallest absolute Gasteiger partial charge is 0.255 e. The van der Waals surface area contributed by atoms with Gasteiger partial charge in [-0.25, -0.2) is 4.39 Å². The van der Waals surface area contributed by atoms with E-state index in [2.05, 4.69) is 26.1 Å². The lowest BCUT2D eigenvalue weighted by Crippen LogP contribution is -2.14. The lowest BCUT2D eigenvalue weighted by Gasteiger charge is -2.19. The summed E-state index contributed by atoms with van der Waals surface area (Å²) in [5.41, 5.74) is 3.13. The molecule has 0 aliphatic rings. The van der Waals surface area contributed by atoms with Crippen LogP contribution in [-0.4, -0.2) is 5.91 Å². The van der Waals surface area contributed by atoms with Gasteiger partial charge in [-0.3, -0.25) is 4.79 Å². The Kier molecular flexibility index (Phi) is 4.12. The number of hydrogen-bond donors (Lipinski definition) is 1. The molecule has 110 valence electrons. The molecule has 1 amide bonds. The van der Waals surface area contributed by atoms with E-state index < -0.39 is 0 Å². The molecule has 0 bridgehead atoms. The minimum Gasteiger partial charge on any atom is -0.322 e. The predicted octanol–water partition coefficient (Wildman–Crippen LogP) is 4.68. The molecule has 0 aliphatic carbocycles. The van der Waals surface area contributed by atoms with Crippen LogP contribution in [0.3, 0.4) is 0 Å². The molecule has 0 saturated heterocycles. The maximum atomic E-state index is 13.1. The van der Waals surface area contributed by atoms with E-state index in [-0.39, 0.29) is 17.1 Å². The van der Waals surface area contributed by atoms with Crippen LogP contribution in [0.15, 0.2) is 42.5 Å². The van der Waals surface area contributed by atoms with Gasteiger partial charge < -0.3 is 5.32 Å². The number of rotatable bonds is 2. The highest BCUT2D eigenvalue weighted by Gasteiger charge is 2.14. The molecule has 2 aromatic rings. The van der Waals surface area contributed by atoms with Crippen LogP contribution in [0.5, 0.6) is 0 Å². The topological polar surface area (TPSA) is 29.1 Å². The second-order valence-electron chi connectivity index (χ2n) is 6.24. The van der Waals surface area contributed by atoms with E-state index in [1.807, 2.05) is 24.3 Å². The molecule has 2 aromatic carbocycles. The third-order valence-electron chi connectivity index (χ3n) is 3.44. The molecular weight excluding hydrogens is 265 g/mol. The highest BCUT2D eigenvalue weighted by Crippen LogP contribution is 2.23. The summed E-state index contributed by atoms with van der Waals surface area (Å²) in [6, 6.07) is 11.9. The summed E-state index contributed by atoms with van der Waals surface area (Å²) in [6.45, 7) is 8.15. The molecule has 0 fully saturated rings. The van der Waals surface area contributed by atoms with Crippen molar-refractivity contribution in [3.63, 3.8) is 0 Å². The number of hydrogen-bond acceptors (Lipinski definition) is 1. The molecular formula is C18H20FNO. The van der Waals surface area contributed by atoms with Crippen molar-refractivity contribution >= 4 is 11.6 Å². The Hall–Kier alpha value is -2.16. The van der Waals surface area contributed by atoms with Crippen LogP contribution in [0.4, 0.5) is 10.1 Å². The lowest BCUT2D eigenvalue weighted by atomic mass is 9.87. The quantitative estimate of drug-likeness (QED) is 0.852. The monoisotopic (exact) mass is 285 g/mol. The van der Waals surface area contributed by atoms with Crippen LogP contribution >= 0.6 is 0 Å². The molecule has 0 atom stereocenters. The minimum absolute atomic E-state index is 0.0794. The molecule has 0 heterocycles. The maximum absolute atomic E-state index is 13.1. The van der Waals surface area contributed by atoms with E-state index in [0.29, 0.717) is 11.1 Å². The molecule has 0 aliphatic heterocycles. The van der Waals surface area contributed by atoms with E-state index in [1.54, 1.807) is 6.92 Å². The van der Waals surface area contributed by atoms with Gasteiger partial charge >= 0.3 is 0 Å². The number of aryl methyl sites for hydroxylation is 1. The summed E-state index contributed by atoms with van der Waals surface area (Å²) < 4.78 is 13.1. The van der Waals surface area contributed by atoms with Crippen LogP contribution in [0.1, 0.15) is 42.3 Å². The fourth-order valence-corrected chi connectivity index (χ4v) is 2.13. The SMILES string of the molecule is Cc1cc(F)ccc1C(=O)Nc1ccc(C(C)(C)C)cc1. The summed E-state index contributed by atoms with van der Waals surface area (Å²) in [4.78, 5) is 12.2. The number of carbonyl (C=O) groups excluding carboxylic acids is 1. The van der Waals surface area contributed by atoms with Crippen molar-refractivity contribution in [3.8, 4) is 0 Å². The third kappa shape index (κ3) is 3.69. The largest absolute Gasteiger partial charge is 0.322 e. The van der Waals surface area contributed by atoms with Crippen molar-refractivity contribution in [2.75, 3.05) is 5.32 Å². The Morgan fingerprint density at radius 3 is 2.19 bits per heavy atom. The zero-order valence-corrected chi connectivity index (χ0v) is 12.8. The van der Waals surface area contributed by atoms with Crippen molar-refractivity contribution < 1.29 is 9.18 Å². The number of benzene rings is 2. The molecule has 2 nitrogen and oxygen atoms in total. The summed E-state index contributed by atoms with van der Waals surface area (Å²) in [6.07, 6.45) is 0. The van der Waals surface area contributed by atoms with Gasteiger partial charge in [-0.2, -0.15) is 0 Å². The van der Waals surface area contributed by atoms with Crippen LogP contribution in [0.2, 0.25) is 0 Å². The second-order valence-corrected chi connectivity index (χ2v) is 6.24. The highest BCUT2D eigenvalue weighted by molar-refractivity contribution is 6.05. The first kappa shape index (κ1) is 15.2. The first-order valence-electron chi connectivity index (χ1n) is 6.95. The van der Waals surface area contributed by atoms with Gasteiger partial charge in [-0.05, 0) is 53.8 Å². The second kappa shape index (κ2) is 5.68. The first-order valence-corrected chi connectivity index (χ1v) is 6.95. The number of halogens is 1. The summed E-state index contributed by atoms with van der Waals surface area (Å²) in [5.74, 6) is -0.561. The molecule has 0 aromatic heterocycles. The van der Waals surface area contributed by atoms with E-state index in [0.717, 1.165) is 5.69 Å². The predicted molar refractivity (Wildman–Crippen MR) is 84.2 cm³/mol. The molecule has 21 heavy (non-hydrogen) atoms. The van der Waals surface area contributed by atoms with Gasteiger partial charge in [0, 0.05) is 11.3 Å². The molecule has 1 N–H and O–H groups in total. The van der Waals surface area contributed by atoms with E-state index in [4.69, 9.17) is 0 Å². The lowest BCUT2D eigenvalue weighted by molar-refractivity contribution is 0.102. The summed E-state index contributed by atoms with van der Waals surface area (Å²) in [5, 5.41) is 2.84. The molecule has 0 radical (unpaired) electrons. The van der Waals surface area contributed by atoms with Gasteiger partial charge in [-0.1, -0.05) is 32.9 Å². The molecule has 0 spiro atoms. The van der Waals surface area contributed by atoms with Crippen LogP contribution < -0.4 is 5.32 Å². The Balaban J connectivity index is 2.16. The Labute approximate surface area is 125 Å². The molecule has 2 rings (SSSR count). The van der Waals surface area contributed by atoms with Crippen molar-refractivity contribution in [1.29, 1.82) is 0 Å². The average molecular weight is 285 g/mol. The highest BCUT2D eigenvalue weighted by atomic mass is 19.1. The van der Waals surface area contributed by atoms with Crippen molar-refractivity contribution in [2.45, 2.75) is 33.1 Å². The Bertz CT molecular complexity index is 654. The number of nitrogens with one attached hydrogen (secondary N) is 1. The van der Waals surface area contributed by atoms with Crippen molar-refractivity contribution in [3.05, 3.63) is 65.0 Å². The van der Waals surface area contributed by atoms with Crippen LogP contribution in [0.25, 0.3) is 0 Å². The Morgan fingerprint density at radius 1 is 1.05 bits per heavy atom. The average Bonchev–Trinajstić information content (AvgIpc) is 2.38. The van der Waals surface area contributed by atoms with Crippen LogP contribution in [-0.2, 0) is 5.41 Å². The van der Waals surface area contributed by atoms with Gasteiger partial charge in [0.05, 0.1) is 0 Å². The molecule has 3 heteroatoms. The molecule has 0 saturated carbocycles. The summed E-state index contributed by atoms with van der Waals surface area (Å²) >= 11 is 0. The van der Waals surface area contributed by atoms with Crippen molar-refractivity contribution in [2.24, 2.45) is 0 Å². The number of carbonyl (C=O) groups is 1. The van der Waals surface area contributed by atoms with Gasteiger partial charge in [-0.15, -0.1) is 0 Å². The fraction of sp³-hybridized carbons (Fsp3) is 0.278. The third-order valence-corrected chi connectivity index (χ3v) is 3.44. The van der Waals surface area contributed by atoms with Gasteiger partial charge in [0.15, 0.2) is 0 Å². The van der Waals surface area contributed by atoms with E-state index >= 15 is 0 Å². The number of amides is 1. The van der Waals surface area contributed by atoms with Gasteiger partial charge in [0.25, 0.3) is 5.91 Å². The standard InChI is InChI=1S/C18H20FNO/c1-12-11-14(19)7-10-16(12)17(21)20-15-8-5-13(6-9-15)18(2,3)4/h5-11H,1-4H3,(H,20,21). The normalized spacial score (nSPS) is 11.3. The summed E-state index contributed by atoms with van der Waals surface area (Å²) in [7, 11) is 0. The minimum atomic E-state index is -0.335.